The predicted octanol–water partition coefficient (Wildman–Crippen LogP) is 1.96. The number of benzene rings is 1. The third kappa shape index (κ3) is 1.03. The summed E-state index contributed by atoms with van der Waals surface area (Å²) in [6.07, 6.45) is 0. The molecule has 1 rings (SSSR count). The molecule has 42 valence electrons. The molecule has 0 aromatic heterocycles. The molecule has 0 radical (unpaired) electrons. The van der Waals surface area contributed by atoms with Crippen LogP contribution in [-0.2, 0) is 0 Å². The third-order valence-electron chi connectivity index (χ3n) is 0.674. The molecule has 0 nitrogen and oxygen atoms in total. The predicted molar refractivity (Wildman–Crippen MR) is 26.4 cm³/mol. The number of halogens is 2. The smallest absolute Gasteiger partial charge is 0.123 e. The molecule has 0 amide bonds. The molecule has 0 aliphatic carbocycles. The van der Waals surface area contributed by atoms with Crippen LogP contribution < -0.4 is 0 Å². The molecule has 0 aliphatic heterocycles. The van der Waals surface area contributed by atoms with Gasteiger partial charge in [-0.15, -0.1) is 0 Å². The number of hydrogen-bond acceptors (Lipinski definition) is 0. The fourth-order valence-corrected chi connectivity index (χ4v) is 0.348. The lowest BCUT2D eigenvalue weighted by molar-refractivity contribution is 0.600. The van der Waals surface area contributed by atoms with Crippen LogP contribution in [0.2, 0.25) is 0 Å². The summed E-state index contributed by atoms with van der Waals surface area (Å²) >= 11 is 0. The summed E-state index contributed by atoms with van der Waals surface area (Å²) in [5.41, 5.74) is 0. The van der Waals surface area contributed by atoms with Gasteiger partial charge in [-0.05, 0) is 24.2 Å². The second-order valence-corrected chi connectivity index (χ2v) is 1.28. The van der Waals surface area contributed by atoms with Crippen molar-refractivity contribution in [1.82, 2.24) is 0 Å². The van der Waals surface area contributed by atoms with Crippen molar-refractivity contribution in [3.8, 4) is 0 Å². The van der Waals surface area contributed by atoms with E-state index in [4.69, 9.17) is 2.74 Å². The van der Waals surface area contributed by atoms with Crippen LogP contribution in [0, 0.1) is 11.6 Å². The maximum absolute atomic E-state index is 12.4. The third-order valence-corrected chi connectivity index (χ3v) is 0.674. The average molecular weight is 116 g/mol. The summed E-state index contributed by atoms with van der Waals surface area (Å²) in [7, 11) is 0. The molecular weight excluding hydrogens is 110 g/mol. The van der Waals surface area contributed by atoms with Crippen LogP contribution in [0.4, 0.5) is 8.78 Å². The Morgan fingerprint density at radius 2 is 1.62 bits per heavy atom. The lowest BCUT2D eigenvalue weighted by Crippen LogP contribution is -1.72. The molecule has 0 unspecified atom stereocenters. The van der Waals surface area contributed by atoms with Gasteiger partial charge in [0, 0.05) is 0 Å². The van der Waals surface area contributed by atoms with E-state index in [-0.39, 0.29) is 0 Å². The highest BCUT2D eigenvalue weighted by atomic mass is 19.1. The molecule has 0 spiro atoms. The fraction of sp³-hybridized carbons (Fsp3) is 0. The molecule has 0 N–H and O–H groups in total. The Balaban J connectivity index is 3.31. The van der Waals surface area contributed by atoms with Gasteiger partial charge in [-0.3, -0.25) is 0 Å². The molecule has 0 saturated heterocycles. The van der Waals surface area contributed by atoms with Gasteiger partial charge in [0.2, 0.25) is 0 Å². The Labute approximate surface area is 48.6 Å². The van der Waals surface area contributed by atoms with Gasteiger partial charge in [0.15, 0.2) is 0 Å². The zero-order valence-corrected chi connectivity index (χ0v) is 3.91. The van der Waals surface area contributed by atoms with E-state index in [1.807, 2.05) is 0 Å². The average Bonchev–Trinajstić information content (AvgIpc) is 1.82. The fourth-order valence-electron chi connectivity index (χ4n) is 0.348. The van der Waals surface area contributed by atoms with E-state index in [0.717, 1.165) is 12.1 Å². The minimum atomic E-state index is -0.985. The van der Waals surface area contributed by atoms with Gasteiger partial charge in [-0.1, -0.05) is 0 Å². The standard InChI is InChI=1S/C6H4F2/c7-5-1-2-6(8)4-3-5/h1-4H/i1D,3D. The van der Waals surface area contributed by atoms with Crippen LogP contribution in [0.5, 0.6) is 0 Å². The molecule has 8 heavy (non-hydrogen) atoms. The molecule has 0 atom stereocenters. The molecule has 1 aromatic rings. The van der Waals surface area contributed by atoms with E-state index >= 15 is 0 Å². The van der Waals surface area contributed by atoms with Gasteiger partial charge in [-0.2, -0.15) is 0 Å². The summed E-state index contributed by atoms with van der Waals surface area (Å²) in [6.45, 7) is 0. The zero-order chi connectivity index (χ0) is 7.72. The van der Waals surface area contributed by atoms with Crippen molar-refractivity contribution in [3.63, 3.8) is 0 Å². The van der Waals surface area contributed by atoms with E-state index in [1.54, 1.807) is 0 Å². The van der Waals surface area contributed by atoms with Gasteiger partial charge in [0.05, 0.1) is 2.74 Å². The number of hydrogen-bond donors (Lipinski definition) is 0. The summed E-state index contributed by atoms with van der Waals surface area (Å²) in [6, 6.07) is 0.302. The second-order valence-electron chi connectivity index (χ2n) is 1.28. The van der Waals surface area contributed by atoms with E-state index in [0.29, 0.717) is 0 Å². The summed E-state index contributed by atoms with van der Waals surface area (Å²) in [5.74, 6) is -1.74. The van der Waals surface area contributed by atoms with Crippen LogP contribution in [0.3, 0.4) is 0 Å². The van der Waals surface area contributed by atoms with Gasteiger partial charge in [0.1, 0.15) is 11.6 Å². The summed E-state index contributed by atoms with van der Waals surface area (Å²) in [4.78, 5) is 0. The first-order valence-electron chi connectivity index (χ1n) is 3.03. The van der Waals surface area contributed by atoms with Crippen LogP contribution in [0.1, 0.15) is 2.74 Å². The van der Waals surface area contributed by atoms with E-state index in [2.05, 4.69) is 0 Å². The molecule has 0 aliphatic rings. The molecule has 1 aromatic carbocycles. The van der Waals surface area contributed by atoms with Crippen LogP contribution in [-0.4, -0.2) is 0 Å². The Bertz CT molecular complexity index is 237. The quantitative estimate of drug-likeness (QED) is 0.486. The van der Waals surface area contributed by atoms with E-state index in [1.165, 1.54) is 0 Å². The van der Waals surface area contributed by atoms with Crippen molar-refractivity contribution in [2.75, 3.05) is 0 Å². The molecular formula is C6H4F2. The Morgan fingerprint density at radius 3 is 2.12 bits per heavy atom. The summed E-state index contributed by atoms with van der Waals surface area (Å²) in [5, 5.41) is 0. The van der Waals surface area contributed by atoms with Gasteiger partial charge < -0.3 is 0 Å². The van der Waals surface area contributed by atoms with Crippen molar-refractivity contribution in [3.05, 3.63) is 35.9 Å². The minimum absolute atomic E-state index is 0.579. The zero-order valence-electron chi connectivity index (χ0n) is 5.91. The Hall–Kier alpha value is -0.920. The molecule has 0 bridgehead atoms. The SMILES string of the molecule is [2H]c1cc(F)cc([2H])c1F. The normalized spacial score (nSPS) is 12.8. The highest BCUT2D eigenvalue weighted by Gasteiger charge is 1.86. The van der Waals surface area contributed by atoms with Crippen molar-refractivity contribution >= 4 is 0 Å². The molecule has 0 heterocycles. The van der Waals surface area contributed by atoms with Crippen LogP contribution in [0.15, 0.2) is 24.2 Å². The lowest BCUT2D eigenvalue weighted by Gasteiger charge is -1.83. The topological polar surface area (TPSA) is 0 Å². The monoisotopic (exact) mass is 116 g/mol. The molecule has 0 saturated carbocycles. The maximum atomic E-state index is 12.4. The summed E-state index contributed by atoms with van der Waals surface area (Å²) < 4.78 is 38.1. The van der Waals surface area contributed by atoms with E-state index < -0.39 is 23.7 Å². The van der Waals surface area contributed by atoms with Gasteiger partial charge >= 0.3 is 0 Å². The van der Waals surface area contributed by atoms with Crippen molar-refractivity contribution in [2.45, 2.75) is 0 Å². The van der Waals surface area contributed by atoms with Crippen molar-refractivity contribution < 1.29 is 11.5 Å². The van der Waals surface area contributed by atoms with Crippen LogP contribution in [0.25, 0.3) is 0 Å². The maximum Gasteiger partial charge on any atom is 0.123 e. The molecule has 0 fully saturated rings. The highest BCUT2D eigenvalue weighted by Crippen LogP contribution is 1.98. The van der Waals surface area contributed by atoms with Crippen molar-refractivity contribution in [2.24, 2.45) is 0 Å². The van der Waals surface area contributed by atoms with Gasteiger partial charge in [0.25, 0.3) is 0 Å². The van der Waals surface area contributed by atoms with Crippen molar-refractivity contribution in [1.29, 1.82) is 0 Å². The lowest BCUT2D eigenvalue weighted by atomic mass is 10.3. The van der Waals surface area contributed by atoms with Gasteiger partial charge in [-0.25, -0.2) is 8.78 Å². The highest BCUT2D eigenvalue weighted by molar-refractivity contribution is 5.04. The first-order valence-corrected chi connectivity index (χ1v) is 2.03. The Morgan fingerprint density at radius 1 is 1.12 bits per heavy atom. The largest absolute Gasteiger partial charge is 0.207 e. The first-order chi connectivity index (χ1) is 4.61. The van der Waals surface area contributed by atoms with Crippen LogP contribution >= 0.6 is 0 Å². The number of rotatable bonds is 0. The molecule has 2 heteroatoms. The minimum Gasteiger partial charge on any atom is -0.207 e. The van der Waals surface area contributed by atoms with E-state index in [9.17, 15) is 8.78 Å². The Kier molecular flexibility index (Phi) is 0.755. The second kappa shape index (κ2) is 1.90. The first kappa shape index (κ1) is 3.17.